The molecule has 0 amide bonds. The molecule has 3 rings (SSSR count). The maximum Gasteiger partial charge on any atom is -0.00576 e. The highest BCUT2D eigenvalue weighted by molar-refractivity contribution is 5.83. The van der Waals surface area contributed by atoms with Gasteiger partial charge in [0.2, 0.25) is 0 Å². The topological polar surface area (TPSA) is 0 Å². The van der Waals surface area contributed by atoms with Crippen LogP contribution in [0.3, 0.4) is 0 Å². The number of rotatable bonds is 5. The fourth-order valence-electron chi connectivity index (χ4n) is 3.56. The van der Waals surface area contributed by atoms with E-state index in [1.54, 1.807) is 5.57 Å². The molecule has 0 N–H and O–H groups in total. The minimum Gasteiger partial charge on any atom is -0.0652 e. The van der Waals surface area contributed by atoms with Crippen molar-refractivity contribution in [2.24, 2.45) is 5.92 Å². The van der Waals surface area contributed by atoms with Crippen molar-refractivity contribution in [1.82, 2.24) is 0 Å². The van der Waals surface area contributed by atoms with Gasteiger partial charge in [-0.1, -0.05) is 81.3 Å². The maximum atomic E-state index is 2.46. The first kappa shape index (κ1) is 15.1. The first-order valence-electron chi connectivity index (χ1n) is 8.58. The summed E-state index contributed by atoms with van der Waals surface area (Å²) in [5, 5.41) is 0. The number of fused-ring (bicyclic) bond motifs is 1. The quantitative estimate of drug-likeness (QED) is 0.607. The van der Waals surface area contributed by atoms with Crippen LogP contribution >= 0.6 is 0 Å². The zero-order chi connectivity index (χ0) is 15.5. The summed E-state index contributed by atoms with van der Waals surface area (Å²) in [7, 11) is 0. The fourth-order valence-corrected chi connectivity index (χ4v) is 3.56. The molecule has 0 nitrogen and oxygen atoms in total. The number of benzene rings is 2. The Hall–Kier alpha value is -1.82. The van der Waals surface area contributed by atoms with Crippen molar-refractivity contribution < 1.29 is 0 Å². The van der Waals surface area contributed by atoms with Crippen LogP contribution < -0.4 is 0 Å². The largest absolute Gasteiger partial charge is 0.0652 e. The van der Waals surface area contributed by atoms with Gasteiger partial charge < -0.3 is 0 Å². The lowest BCUT2D eigenvalue weighted by atomic mass is 9.88. The third-order valence-corrected chi connectivity index (χ3v) is 4.45. The molecule has 2 aromatic carbocycles. The SMILES string of the molecule is CCCC1=Cc2c(ccc(CC(C)C)c2-c2ccccc2)C1. The summed E-state index contributed by atoms with van der Waals surface area (Å²) in [4.78, 5) is 0. The summed E-state index contributed by atoms with van der Waals surface area (Å²) in [5.41, 5.74) is 8.91. The van der Waals surface area contributed by atoms with Crippen molar-refractivity contribution in [2.45, 2.75) is 46.5 Å². The van der Waals surface area contributed by atoms with Gasteiger partial charge in [0.1, 0.15) is 0 Å². The number of hydrogen-bond donors (Lipinski definition) is 0. The maximum absolute atomic E-state index is 2.46. The molecule has 1 aliphatic rings. The lowest BCUT2D eigenvalue weighted by Crippen LogP contribution is -2.00. The standard InChI is InChI=1S/C22H26/c1-4-8-17-14-19-11-12-20(13-16(2)3)22(21(19)15-17)18-9-6-5-7-10-18/h5-7,9-12,15-16H,4,8,13-14H2,1-3H3. The van der Waals surface area contributed by atoms with Crippen LogP contribution in [0.2, 0.25) is 0 Å². The monoisotopic (exact) mass is 290 g/mol. The van der Waals surface area contributed by atoms with Crippen LogP contribution in [0.5, 0.6) is 0 Å². The second-order valence-corrected chi connectivity index (χ2v) is 6.87. The van der Waals surface area contributed by atoms with E-state index in [9.17, 15) is 0 Å². The van der Waals surface area contributed by atoms with Crippen LogP contribution in [0.4, 0.5) is 0 Å². The summed E-state index contributed by atoms with van der Waals surface area (Å²) < 4.78 is 0. The minimum atomic E-state index is 0.681. The van der Waals surface area contributed by atoms with Crippen LogP contribution in [-0.2, 0) is 12.8 Å². The Bertz CT molecular complexity index is 675. The molecule has 0 bridgehead atoms. The smallest absolute Gasteiger partial charge is 0.00576 e. The highest BCUT2D eigenvalue weighted by Crippen LogP contribution is 2.38. The van der Waals surface area contributed by atoms with E-state index < -0.39 is 0 Å². The summed E-state index contributed by atoms with van der Waals surface area (Å²) in [6.45, 7) is 6.88. The Morgan fingerprint density at radius 1 is 1.00 bits per heavy atom. The zero-order valence-corrected chi connectivity index (χ0v) is 14.0. The average Bonchev–Trinajstić information content (AvgIpc) is 2.90. The van der Waals surface area contributed by atoms with Gasteiger partial charge in [-0.25, -0.2) is 0 Å². The van der Waals surface area contributed by atoms with Crippen LogP contribution in [0.25, 0.3) is 17.2 Å². The van der Waals surface area contributed by atoms with E-state index in [4.69, 9.17) is 0 Å². The first-order valence-corrected chi connectivity index (χ1v) is 8.58. The predicted octanol–water partition coefficient (Wildman–Crippen LogP) is 6.29. The van der Waals surface area contributed by atoms with Gasteiger partial charge in [0.25, 0.3) is 0 Å². The minimum absolute atomic E-state index is 0.681. The summed E-state index contributed by atoms with van der Waals surface area (Å²) in [6.07, 6.45) is 7.21. The molecule has 0 radical (unpaired) electrons. The predicted molar refractivity (Wildman–Crippen MR) is 97.0 cm³/mol. The van der Waals surface area contributed by atoms with Gasteiger partial charge in [-0.05, 0) is 53.0 Å². The van der Waals surface area contributed by atoms with Crippen LogP contribution in [0.15, 0.2) is 48.0 Å². The molecule has 0 heteroatoms. The van der Waals surface area contributed by atoms with Gasteiger partial charge in [0.15, 0.2) is 0 Å². The Balaban J connectivity index is 2.13. The Kier molecular flexibility index (Phi) is 4.47. The second-order valence-electron chi connectivity index (χ2n) is 6.87. The van der Waals surface area contributed by atoms with Crippen molar-refractivity contribution in [3.8, 4) is 11.1 Å². The van der Waals surface area contributed by atoms with E-state index in [2.05, 4.69) is 69.3 Å². The van der Waals surface area contributed by atoms with Crippen molar-refractivity contribution in [2.75, 3.05) is 0 Å². The Morgan fingerprint density at radius 3 is 2.45 bits per heavy atom. The van der Waals surface area contributed by atoms with Crippen LogP contribution in [0, 0.1) is 5.92 Å². The summed E-state index contributed by atoms with van der Waals surface area (Å²) >= 11 is 0. The molecule has 1 aliphatic carbocycles. The molecule has 114 valence electrons. The second kappa shape index (κ2) is 6.52. The molecule has 2 aromatic rings. The van der Waals surface area contributed by atoms with E-state index in [0.29, 0.717) is 5.92 Å². The molecule has 0 spiro atoms. The van der Waals surface area contributed by atoms with Crippen molar-refractivity contribution >= 4 is 6.08 Å². The highest BCUT2D eigenvalue weighted by atomic mass is 14.2. The van der Waals surface area contributed by atoms with Crippen molar-refractivity contribution in [3.63, 3.8) is 0 Å². The molecule has 0 saturated carbocycles. The molecule has 22 heavy (non-hydrogen) atoms. The number of allylic oxidation sites excluding steroid dienone is 1. The normalized spacial score (nSPS) is 13.4. The van der Waals surface area contributed by atoms with E-state index in [1.807, 2.05) is 0 Å². The molecule has 0 unspecified atom stereocenters. The average molecular weight is 290 g/mol. The zero-order valence-electron chi connectivity index (χ0n) is 14.0. The number of hydrogen-bond acceptors (Lipinski definition) is 0. The van der Waals surface area contributed by atoms with Gasteiger partial charge in [-0.15, -0.1) is 0 Å². The van der Waals surface area contributed by atoms with Gasteiger partial charge in [0, 0.05) is 0 Å². The molecule has 0 heterocycles. The van der Waals surface area contributed by atoms with Crippen molar-refractivity contribution in [1.29, 1.82) is 0 Å². The van der Waals surface area contributed by atoms with Gasteiger partial charge in [0.05, 0.1) is 0 Å². The lowest BCUT2D eigenvalue weighted by Gasteiger charge is -2.16. The van der Waals surface area contributed by atoms with Crippen LogP contribution in [0.1, 0.15) is 50.3 Å². The van der Waals surface area contributed by atoms with Crippen molar-refractivity contribution in [3.05, 3.63) is 64.7 Å². The van der Waals surface area contributed by atoms with Gasteiger partial charge in [-0.3, -0.25) is 0 Å². The molecule has 0 fully saturated rings. The molecule has 0 atom stereocenters. The molecular formula is C22H26. The molecule has 0 saturated heterocycles. The summed E-state index contributed by atoms with van der Waals surface area (Å²) in [5.74, 6) is 0.681. The lowest BCUT2D eigenvalue weighted by molar-refractivity contribution is 0.648. The van der Waals surface area contributed by atoms with Gasteiger partial charge >= 0.3 is 0 Å². The fraction of sp³-hybridized carbons (Fsp3) is 0.364. The summed E-state index contributed by atoms with van der Waals surface area (Å²) in [6, 6.07) is 15.6. The van der Waals surface area contributed by atoms with E-state index in [0.717, 1.165) is 12.8 Å². The third-order valence-electron chi connectivity index (χ3n) is 4.45. The molecular weight excluding hydrogens is 264 g/mol. The van der Waals surface area contributed by atoms with Gasteiger partial charge in [-0.2, -0.15) is 0 Å². The van der Waals surface area contributed by atoms with E-state index >= 15 is 0 Å². The third kappa shape index (κ3) is 3.02. The molecule has 0 aliphatic heterocycles. The van der Waals surface area contributed by atoms with E-state index in [-0.39, 0.29) is 0 Å². The van der Waals surface area contributed by atoms with Crippen LogP contribution in [-0.4, -0.2) is 0 Å². The first-order chi connectivity index (χ1) is 10.7. The van der Waals surface area contributed by atoms with E-state index in [1.165, 1.54) is 40.7 Å². The Morgan fingerprint density at radius 2 is 1.77 bits per heavy atom. The highest BCUT2D eigenvalue weighted by Gasteiger charge is 2.19. The Labute approximate surface area is 134 Å². The molecule has 0 aromatic heterocycles.